The summed E-state index contributed by atoms with van der Waals surface area (Å²) in [5, 5.41) is 14.4. The van der Waals surface area contributed by atoms with Crippen LogP contribution < -0.4 is 5.32 Å². The Morgan fingerprint density at radius 2 is 1.58 bits per heavy atom. The lowest BCUT2D eigenvalue weighted by Gasteiger charge is -2.65. The summed E-state index contributed by atoms with van der Waals surface area (Å²) >= 11 is 0. The summed E-state index contributed by atoms with van der Waals surface area (Å²) in [7, 11) is 2.81. The van der Waals surface area contributed by atoms with Gasteiger partial charge in [-0.25, -0.2) is 19.2 Å². The van der Waals surface area contributed by atoms with Gasteiger partial charge in [0.15, 0.2) is 30.2 Å². The predicted octanol–water partition coefficient (Wildman–Crippen LogP) is 5.34. The van der Waals surface area contributed by atoms with Crippen LogP contribution in [0.15, 0.2) is 71.8 Å². The van der Waals surface area contributed by atoms with Crippen LogP contribution in [0, 0.1) is 23.2 Å². The Hall–Kier alpha value is -5.32. The maximum absolute atomic E-state index is 15.5. The third-order valence-electron chi connectivity index (χ3n) is 13.5. The van der Waals surface area contributed by atoms with E-state index in [1.807, 2.05) is 0 Å². The molecule has 12 atom stereocenters. The van der Waals surface area contributed by atoms with Crippen LogP contribution in [0.5, 0.6) is 0 Å². The van der Waals surface area contributed by atoms with Gasteiger partial charge in [-0.1, -0.05) is 62.4 Å². The predicted molar refractivity (Wildman–Crippen MR) is 216 cm³/mol. The molecule has 16 heteroatoms. The summed E-state index contributed by atoms with van der Waals surface area (Å²) in [5.41, 5.74) is -5.04. The summed E-state index contributed by atoms with van der Waals surface area (Å²) in [6, 6.07) is 14.9. The minimum Gasteiger partial charge on any atom is -0.458 e. The number of hydrogen-bond donors (Lipinski definition) is 2. The second-order valence-corrected chi connectivity index (χ2v) is 18.3. The molecule has 1 saturated heterocycles. The molecule has 4 fully saturated rings. The Morgan fingerprint density at radius 1 is 0.935 bits per heavy atom. The Kier molecular flexibility index (Phi) is 11.8. The molecular formula is C46H55NO15. The maximum atomic E-state index is 15.5. The smallest absolute Gasteiger partial charge is 0.458 e. The lowest BCUT2D eigenvalue weighted by Crippen LogP contribution is -2.78. The number of aliphatic hydroxyl groups excluding tert-OH is 1. The Morgan fingerprint density at radius 3 is 2.15 bits per heavy atom. The second kappa shape index (κ2) is 16.4. The van der Waals surface area contributed by atoms with E-state index in [0.29, 0.717) is 18.4 Å². The van der Waals surface area contributed by atoms with E-state index in [0.717, 1.165) is 0 Å². The number of ether oxygens (including phenoxy) is 8. The number of aliphatic hydroxyl groups is 1. The van der Waals surface area contributed by atoms with Crippen molar-refractivity contribution < 1.29 is 71.8 Å². The number of rotatable bonds is 10. The van der Waals surface area contributed by atoms with Gasteiger partial charge in [0.25, 0.3) is 0 Å². The van der Waals surface area contributed by atoms with E-state index >= 15 is 4.79 Å². The number of nitrogens with one attached hydrogen (secondary N) is 1. The minimum atomic E-state index is -2.13. The SMILES string of the molecule is CO[C@H]1C(=O)C2[C@@H](OC)C[C@H]3CC[C@@]3(OC(C)=O)[C@H]2[C@H](OC(=O)c2ccccc2)[C@]23OC(=O)O[C@H]2[C@H](OC(=O)[C@H](O)[C@@H](NC(=O)OC(C)(C)C)c2ccccc2)C(C)=C1C3(C)C. The topological polar surface area (TPSA) is 209 Å². The van der Waals surface area contributed by atoms with E-state index in [1.165, 1.54) is 33.3 Å². The van der Waals surface area contributed by atoms with E-state index in [1.54, 1.807) is 90.1 Å². The second-order valence-electron chi connectivity index (χ2n) is 18.3. The molecule has 7 rings (SSSR count). The fourth-order valence-corrected chi connectivity index (χ4v) is 10.9. The van der Waals surface area contributed by atoms with Crippen molar-refractivity contribution in [3.63, 3.8) is 0 Å². The number of methoxy groups -OCH3 is 2. The molecule has 1 heterocycles. The quantitative estimate of drug-likeness (QED) is 0.176. The van der Waals surface area contributed by atoms with E-state index in [2.05, 4.69) is 5.32 Å². The van der Waals surface area contributed by atoms with E-state index < -0.39 is 113 Å². The van der Waals surface area contributed by atoms with Crippen molar-refractivity contribution >= 4 is 35.9 Å². The van der Waals surface area contributed by atoms with Crippen LogP contribution in [-0.4, -0.2) is 109 Å². The molecule has 2 aromatic carbocycles. The molecule has 2 N–H and O–H groups in total. The molecule has 0 aromatic heterocycles. The van der Waals surface area contributed by atoms with Gasteiger partial charge in [-0.15, -0.1) is 0 Å². The monoisotopic (exact) mass is 861 g/mol. The lowest BCUT2D eigenvalue weighted by molar-refractivity contribution is -0.280. The standard InChI is InChI=1S/C46H55NO15/c1-23-30-36(56-9)33(49)29-28(55-8)22-27-20-21-45(27,60-24(2)48)31(29)37(58-39(51)26-18-14-11-15-19-26)46(44(30,6)7)38(59-42(54)62-46)35(23)57-40(52)34(50)32(25-16-12-10-13-17-25)47-41(53)61-43(3,4)5/h10-19,27-29,31-32,34-38,50H,20-22H2,1-9H3,(H,47,53)/t27-,28+,29?,31-,32+,34-,35-,36-,37+,38+,45+,46+/m1/s1. The van der Waals surface area contributed by atoms with Gasteiger partial charge in [0.05, 0.1) is 29.5 Å². The van der Waals surface area contributed by atoms with Crippen LogP contribution in [0.3, 0.4) is 0 Å². The van der Waals surface area contributed by atoms with Crippen molar-refractivity contribution in [1.82, 2.24) is 5.32 Å². The van der Waals surface area contributed by atoms with Crippen molar-refractivity contribution in [3.8, 4) is 0 Å². The molecule has 2 bridgehead atoms. The van der Waals surface area contributed by atoms with Gasteiger partial charge in [0, 0.05) is 32.5 Å². The molecule has 16 nitrogen and oxygen atoms in total. The summed E-state index contributed by atoms with van der Waals surface area (Å²) < 4.78 is 49.2. The van der Waals surface area contributed by atoms with Crippen LogP contribution in [0.1, 0.15) is 89.7 Å². The molecule has 1 spiro atoms. The normalized spacial score (nSPS) is 32.9. The highest BCUT2D eigenvalue weighted by Gasteiger charge is 2.80. The zero-order chi connectivity index (χ0) is 45.1. The molecule has 5 aliphatic rings. The minimum absolute atomic E-state index is 0.132. The number of carbonyl (C=O) groups is 6. The first-order valence-corrected chi connectivity index (χ1v) is 20.8. The number of hydrogen-bond acceptors (Lipinski definition) is 15. The molecule has 2 aromatic rings. The zero-order valence-corrected chi connectivity index (χ0v) is 36.3. The summed E-state index contributed by atoms with van der Waals surface area (Å²) in [5.74, 6) is -5.97. The number of fused-ring (bicyclic) bond motifs is 4. The summed E-state index contributed by atoms with van der Waals surface area (Å²) in [4.78, 5) is 84.6. The third-order valence-corrected chi connectivity index (χ3v) is 13.5. The van der Waals surface area contributed by atoms with Gasteiger partial charge in [-0.05, 0) is 75.8 Å². The first kappa shape index (κ1) is 44.7. The Labute approximate surface area is 359 Å². The molecule has 4 aliphatic carbocycles. The van der Waals surface area contributed by atoms with Gasteiger partial charge in [0.2, 0.25) is 5.60 Å². The van der Waals surface area contributed by atoms with Crippen molar-refractivity contribution in [3.05, 3.63) is 82.9 Å². The van der Waals surface area contributed by atoms with Crippen molar-refractivity contribution in [2.45, 2.75) is 127 Å². The van der Waals surface area contributed by atoms with Crippen LogP contribution in [0.25, 0.3) is 0 Å². The van der Waals surface area contributed by atoms with Gasteiger partial charge in [-0.3, -0.25) is 9.59 Å². The molecule has 62 heavy (non-hydrogen) atoms. The van der Waals surface area contributed by atoms with Crippen molar-refractivity contribution in [1.29, 1.82) is 0 Å². The van der Waals surface area contributed by atoms with Gasteiger partial charge in [0.1, 0.15) is 17.3 Å². The number of benzene rings is 2. The number of esters is 3. The molecule has 0 radical (unpaired) electrons. The zero-order valence-electron chi connectivity index (χ0n) is 36.3. The number of carbonyl (C=O) groups excluding carboxylic acids is 6. The number of alkyl carbamates (subject to hydrolysis) is 1. The van der Waals surface area contributed by atoms with Crippen LogP contribution in [0.4, 0.5) is 9.59 Å². The number of Topliss-reactive ketones (excluding diaryl/α,β-unsaturated/α-hetero) is 1. The summed E-state index contributed by atoms with van der Waals surface area (Å²) in [6.45, 7) is 11.2. The van der Waals surface area contributed by atoms with Gasteiger partial charge < -0.3 is 48.3 Å². The Balaban J connectivity index is 1.42. The van der Waals surface area contributed by atoms with E-state index in [9.17, 15) is 29.1 Å². The average Bonchev–Trinajstić information content (AvgIpc) is 3.58. The van der Waals surface area contributed by atoms with Crippen molar-refractivity contribution in [2.75, 3.05) is 14.2 Å². The highest BCUT2D eigenvalue weighted by molar-refractivity contribution is 5.92. The molecule has 1 amide bonds. The number of ketones is 1. The van der Waals surface area contributed by atoms with E-state index in [-0.39, 0.29) is 29.0 Å². The lowest BCUT2D eigenvalue weighted by atomic mass is 9.44. The fourth-order valence-electron chi connectivity index (χ4n) is 10.9. The molecule has 334 valence electrons. The highest BCUT2D eigenvalue weighted by Crippen LogP contribution is 2.66. The fraction of sp³-hybridized carbons (Fsp3) is 0.565. The first-order chi connectivity index (χ1) is 29.2. The van der Waals surface area contributed by atoms with Crippen LogP contribution in [-0.2, 0) is 52.3 Å². The molecule has 3 saturated carbocycles. The van der Waals surface area contributed by atoms with Crippen molar-refractivity contribution in [2.24, 2.45) is 23.2 Å². The average molecular weight is 862 g/mol. The van der Waals surface area contributed by atoms with E-state index in [4.69, 9.17) is 37.9 Å². The molecule has 1 aliphatic heterocycles. The maximum Gasteiger partial charge on any atom is 0.509 e. The number of amides is 1. The molecule has 1 unspecified atom stereocenters. The third kappa shape index (κ3) is 7.32. The largest absolute Gasteiger partial charge is 0.509 e. The van der Waals surface area contributed by atoms with Gasteiger partial charge in [-0.2, -0.15) is 0 Å². The van der Waals surface area contributed by atoms with Crippen LogP contribution >= 0.6 is 0 Å². The Bertz CT molecular complexity index is 2130. The van der Waals surface area contributed by atoms with Gasteiger partial charge >= 0.3 is 30.2 Å². The summed E-state index contributed by atoms with van der Waals surface area (Å²) in [6.07, 6.45) is -10.0. The molecular weight excluding hydrogens is 806 g/mol. The van der Waals surface area contributed by atoms with Crippen LogP contribution in [0.2, 0.25) is 0 Å². The highest BCUT2D eigenvalue weighted by atomic mass is 16.8. The first-order valence-electron chi connectivity index (χ1n) is 20.8.